The largest absolute Gasteiger partial charge is 0.427 e. The molecule has 2 aromatic carbocycles. The van der Waals surface area contributed by atoms with Crippen molar-refractivity contribution in [3.05, 3.63) is 65.2 Å². The van der Waals surface area contributed by atoms with Crippen LogP contribution in [0.25, 0.3) is 0 Å². The Morgan fingerprint density at radius 3 is 2.51 bits per heavy atom. The summed E-state index contributed by atoms with van der Waals surface area (Å²) in [6.07, 6.45) is -4.61. The number of carbonyl (C=O) groups excluding carboxylic acids is 4. The normalized spacial score (nSPS) is 21.0. The molecule has 206 valence electrons. The molecule has 9 nitrogen and oxygen atoms in total. The van der Waals surface area contributed by atoms with Crippen molar-refractivity contribution >= 4 is 29.6 Å². The van der Waals surface area contributed by atoms with Crippen molar-refractivity contribution < 1.29 is 37.1 Å². The second kappa shape index (κ2) is 9.90. The third kappa shape index (κ3) is 5.02. The summed E-state index contributed by atoms with van der Waals surface area (Å²) < 4.78 is 47.9. The van der Waals surface area contributed by atoms with Crippen molar-refractivity contribution in [3.63, 3.8) is 0 Å². The average Bonchev–Trinajstić information content (AvgIpc) is 3.62. The Balaban J connectivity index is 1.39. The fourth-order valence-electron chi connectivity index (χ4n) is 5.38. The Labute approximate surface area is 222 Å². The smallest absolute Gasteiger partial charge is 0.418 e. The Kier molecular flexibility index (Phi) is 6.73. The van der Waals surface area contributed by atoms with Crippen LogP contribution in [0.15, 0.2) is 48.5 Å². The molecule has 39 heavy (non-hydrogen) atoms. The Bertz CT molecular complexity index is 1310. The summed E-state index contributed by atoms with van der Waals surface area (Å²) in [5.41, 5.74) is 0.408. The minimum absolute atomic E-state index is 0.113. The zero-order valence-electron chi connectivity index (χ0n) is 21.1. The van der Waals surface area contributed by atoms with E-state index in [0.717, 1.165) is 4.90 Å². The lowest BCUT2D eigenvalue weighted by atomic mass is 9.94. The summed E-state index contributed by atoms with van der Waals surface area (Å²) >= 11 is 0. The summed E-state index contributed by atoms with van der Waals surface area (Å²) in [6, 6.07) is 10.6. The van der Waals surface area contributed by atoms with E-state index in [9.17, 15) is 32.3 Å². The SMILES string of the molecule is CNC(=O)Nc1ccc2c(c1)CC[C@]21OC(=O)N(CC(=O)N(Cc2ccccc2)[C@H](C2CC2)C(F)(F)F)C1=O. The molecule has 1 aliphatic heterocycles. The number of imide groups is 1. The van der Waals surface area contributed by atoms with Gasteiger partial charge < -0.3 is 20.3 Å². The highest BCUT2D eigenvalue weighted by Crippen LogP contribution is 2.47. The van der Waals surface area contributed by atoms with Gasteiger partial charge in [0.15, 0.2) is 0 Å². The Hall–Kier alpha value is -4.09. The van der Waals surface area contributed by atoms with E-state index in [1.54, 1.807) is 48.5 Å². The minimum Gasteiger partial charge on any atom is -0.427 e. The number of amides is 5. The highest BCUT2D eigenvalue weighted by molar-refractivity contribution is 6.06. The molecule has 1 heterocycles. The lowest BCUT2D eigenvalue weighted by molar-refractivity contribution is -0.196. The van der Waals surface area contributed by atoms with E-state index in [4.69, 9.17) is 4.74 Å². The van der Waals surface area contributed by atoms with Gasteiger partial charge in [-0.15, -0.1) is 0 Å². The first-order valence-electron chi connectivity index (χ1n) is 12.6. The van der Waals surface area contributed by atoms with E-state index in [1.807, 2.05) is 0 Å². The molecule has 1 spiro atoms. The molecule has 3 aliphatic rings. The average molecular weight is 545 g/mol. The molecule has 2 fully saturated rings. The number of fused-ring (bicyclic) bond motifs is 2. The van der Waals surface area contributed by atoms with Gasteiger partial charge in [0.25, 0.3) is 5.91 Å². The molecular formula is C27H27F3N4O5. The molecule has 12 heteroatoms. The molecule has 2 aromatic rings. The molecule has 0 bridgehead atoms. The number of carbonyl (C=O) groups is 4. The van der Waals surface area contributed by atoms with Crippen molar-refractivity contribution in [2.75, 3.05) is 18.9 Å². The molecule has 0 unspecified atom stereocenters. The van der Waals surface area contributed by atoms with E-state index in [1.165, 1.54) is 7.05 Å². The quantitative estimate of drug-likeness (QED) is 0.549. The van der Waals surface area contributed by atoms with Gasteiger partial charge in [0.1, 0.15) is 12.6 Å². The van der Waals surface area contributed by atoms with Crippen LogP contribution in [0.3, 0.4) is 0 Å². The van der Waals surface area contributed by atoms with Gasteiger partial charge in [0.05, 0.1) is 0 Å². The molecule has 2 N–H and O–H groups in total. The number of halogens is 3. The van der Waals surface area contributed by atoms with Gasteiger partial charge in [0.2, 0.25) is 11.5 Å². The van der Waals surface area contributed by atoms with E-state index in [2.05, 4.69) is 10.6 Å². The molecule has 0 aromatic heterocycles. The van der Waals surface area contributed by atoms with Crippen molar-refractivity contribution in [3.8, 4) is 0 Å². The first kappa shape index (κ1) is 26.5. The van der Waals surface area contributed by atoms with Gasteiger partial charge in [-0.2, -0.15) is 13.2 Å². The number of benzene rings is 2. The lowest BCUT2D eigenvalue weighted by Gasteiger charge is -2.34. The van der Waals surface area contributed by atoms with Crippen LogP contribution < -0.4 is 10.6 Å². The van der Waals surface area contributed by atoms with Crippen molar-refractivity contribution in [2.45, 2.75) is 50.0 Å². The molecule has 1 saturated carbocycles. The fourth-order valence-corrected chi connectivity index (χ4v) is 5.38. The molecule has 0 radical (unpaired) electrons. The van der Waals surface area contributed by atoms with E-state index in [-0.39, 0.29) is 13.0 Å². The zero-order valence-corrected chi connectivity index (χ0v) is 21.1. The van der Waals surface area contributed by atoms with E-state index >= 15 is 0 Å². The number of alkyl halides is 3. The highest BCUT2D eigenvalue weighted by atomic mass is 19.4. The number of nitrogens with zero attached hydrogens (tertiary/aromatic N) is 2. The molecule has 5 rings (SSSR count). The van der Waals surface area contributed by atoms with Gasteiger partial charge in [-0.05, 0) is 48.4 Å². The molecule has 2 atom stereocenters. The maximum Gasteiger partial charge on any atom is 0.418 e. The predicted octanol–water partition coefficient (Wildman–Crippen LogP) is 3.93. The zero-order chi connectivity index (χ0) is 27.9. The van der Waals surface area contributed by atoms with Gasteiger partial charge in [0, 0.05) is 31.3 Å². The number of rotatable bonds is 7. The van der Waals surface area contributed by atoms with Crippen LogP contribution >= 0.6 is 0 Å². The number of anilines is 1. The third-order valence-corrected chi connectivity index (χ3v) is 7.39. The van der Waals surface area contributed by atoms with Crippen LogP contribution in [0.1, 0.15) is 36.0 Å². The first-order chi connectivity index (χ1) is 18.5. The van der Waals surface area contributed by atoms with Crippen LogP contribution in [-0.2, 0) is 32.9 Å². The van der Waals surface area contributed by atoms with Gasteiger partial charge in [-0.1, -0.05) is 36.4 Å². The Morgan fingerprint density at radius 1 is 1.15 bits per heavy atom. The van der Waals surface area contributed by atoms with Gasteiger partial charge in [-0.25, -0.2) is 14.5 Å². The summed E-state index contributed by atoms with van der Waals surface area (Å²) in [6.45, 7) is -1.18. The standard InChI is InChI=1S/C27H27F3N4O5/c1-31-24(37)32-19-9-10-20-18(13-19)11-12-26(20)23(36)34(25(38)39-26)15-21(35)33(14-16-5-3-2-4-6-16)22(17-7-8-17)27(28,29)30/h2-6,9-10,13,17,22H,7-8,11-12,14-15H2,1H3,(H2,31,32,37)/t22-,26+/m1/s1. The minimum atomic E-state index is -4.67. The van der Waals surface area contributed by atoms with Crippen LogP contribution in [0.5, 0.6) is 0 Å². The van der Waals surface area contributed by atoms with Gasteiger partial charge in [-0.3, -0.25) is 9.59 Å². The van der Waals surface area contributed by atoms with Crippen LogP contribution in [-0.4, -0.2) is 59.5 Å². The molecule has 1 saturated heterocycles. The topological polar surface area (TPSA) is 108 Å². The summed E-state index contributed by atoms with van der Waals surface area (Å²) in [5, 5.41) is 5.06. The predicted molar refractivity (Wildman–Crippen MR) is 132 cm³/mol. The van der Waals surface area contributed by atoms with Crippen LogP contribution in [0, 0.1) is 5.92 Å². The Morgan fingerprint density at radius 2 is 1.87 bits per heavy atom. The number of ether oxygens (including phenoxy) is 1. The maximum atomic E-state index is 14.1. The summed E-state index contributed by atoms with van der Waals surface area (Å²) in [5.74, 6) is -2.51. The number of urea groups is 1. The van der Waals surface area contributed by atoms with Crippen molar-refractivity contribution in [1.82, 2.24) is 15.1 Å². The molecular weight excluding hydrogens is 517 g/mol. The summed E-state index contributed by atoms with van der Waals surface area (Å²) in [7, 11) is 1.47. The van der Waals surface area contributed by atoms with Crippen LogP contribution in [0.2, 0.25) is 0 Å². The van der Waals surface area contributed by atoms with E-state index < -0.39 is 54.2 Å². The van der Waals surface area contributed by atoms with E-state index in [0.29, 0.717) is 46.5 Å². The molecule has 5 amide bonds. The number of nitrogens with one attached hydrogen (secondary N) is 2. The lowest BCUT2D eigenvalue weighted by Crippen LogP contribution is -2.53. The summed E-state index contributed by atoms with van der Waals surface area (Å²) in [4.78, 5) is 52.8. The monoisotopic (exact) mass is 544 g/mol. The first-order valence-corrected chi connectivity index (χ1v) is 12.6. The maximum absolute atomic E-state index is 14.1. The van der Waals surface area contributed by atoms with Crippen molar-refractivity contribution in [2.24, 2.45) is 5.92 Å². The second-order valence-electron chi connectivity index (χ2n) is 9.99. The second-order valence-corrected chi connectivity index (χ2v) is 9.99. The number of hydrogen-bond acceptors (Lipinski definition) is 5. The number of aryl methyl sites for hydroxylation is 1. The number of hydrogen-bond donors (Lipinski definition) is 2. The third-order valence-electron chi connectivity index (χ3n) is 7.39. The van der Waals surface area contributed by atoms with Crippen LogP contribution in [0.4, 0.5) is 28.4 Å². The molecule has 2 aliphatic carbocycles. The van der Waals surface area contributed by atoms with Gasteiger partial charge >= 0.3 is 18.3 Å². The fraction of sp³-hybridized carbons (Fsp3) is 0.407. The van der Waals surface area contributed by atoms with Crippen molar-refractivity contribution in [1.29, 1.82) is 0 Å². The highest BCUT2D eigenvalue weighted by Gasteiger charge is 2.59.